The van der Waals surface area contributed by atoms with Crippen LogP contribution < -0.4 is 21.1 Å². The van der Waals surface area contributed by atoms with Crippen molar-refractivity contribution in [2.75, 3.05) is 0 Å². The van der Waals surface area contributed by atoms with Crippen LogP contribution in [0, 0.1) is 0 Å². The fraction of sp³-hybridized carbons (Fsp3) is 0.0357. The van der Waals surface area contributed by atoms with E-state index in [1.165, 1.54) is 36.4 Å². The third-order valence-electron chi connectivity index (χ3n) is 5.69. The minimum absolute atomic E-state index is 0.0603. The number of fused-ring (bicyclic) bond motifs is 3. The average molecular weight is 584 g/mol. The van der Waals surface area contributed by atoms with Gasteiger partial charge in [-0.2, -0.15) is 21.6 Å². The number of hydrogen-bond acceptors (Lipinski definition) is 9. The van der Waals surface area contributed by atoms with Gasteiger partial charge in [-0.25, -0.2) is 14.4 Å². The van der Waals surface area contributed by atoms with Crippen LogP contribution in [0.15, 0.2) is 119 Å². The van der Waals surface area contributed by atoms with Crippen molar-refractivity contribution in [2.45, 2.75) is 5.51 Å². The lowest BCUT2D eigenvalue weighted by Crippen LogP contribution is -2.28. The fourth-order valence-corrected chi connectivity index (χ4v) is 4.45. The second kappa shape index (κ2) is 10.4. The van der Waals surface area contributed by atoms with Crippen molar-refractivity contribution in [1.29, 1.82) is 0 Å². The molecule has 0 saturated carbocycles. The lowest BCUT2D eigenvalue weighted by atomic mass is 9.99. The van der Waals surface area contributed by atoms with Gasteiger partial charge in [-0.1, -0.05) is 48.5 Å². The maximum Gasteiger partial charge on any atom is 0.534 e. The average Bonchev–Trinajstić information content (AvgIpc) is 2.91. The van der Waals surface area contributed by atoms with Crippen molar-refractivity contribution in [3.63, 3.8) is 0 Å². The zero-order valence-corrected chi connectivity index (χ0v) is 21.2. The van der Waals surface area contributed by atoms with Crippen LogP contribution in [0.2, 0.25) is 0 Å². The second-order valence-corrected chi connectivity index (χ2v) is 9.90. The number of para-hydroxylation sites is 3. The number of hydrogen-bond donors (Lipinski definition) is 0. The maximum atomic E-state index is 12.2. The summed E-state index contributed by atoms with van der Waals surface area (Å²) in [6.07, 6.45) is 0. The molecule has 0 N–H and O–H groups in total. The van der Waals surface area contributed by atoms with Gasteiger partial charge in [-0.15, -0.1) is 0 Å². The van der Waals surface area contributed by atoms with E-state index in [2.05, 4.69) is 4.18 Å². The highest BCUT2D eigenvalue weighted by Crippen LogP contribution is 2.32. The highest BCUT2D eigenvalue weighted by atomic mass is 32.2. The molecule has 0 radical (unpaired) electrons. The van der Waals surface area contributed by atoms with Crippen LogP contribution in [-0.2, 0) is 10.1 Å². The molecule has 13 heteroatoms. The summed E-state index contributed by atoms with van der Waals surface area (Å²) in [5, 5.41) is 1.49. The minimum Gasteiger partial charge on any atom is -0.423 e. The third-order valence-corrected chi connectivity index (χ3v) is 6.65. The van der Waals surface area contributed by atoms with Crippen LogP contribution >= 0.6 is 0 Å². The molecule has 0 atom stereocenters. The molecule has 9 nitrogen and oxygen atoms in total. The molecular formula is C28H15F3O9S. The number of rotatable bonds is 3. The molecule has 6 aromatic rings. The fourth-order valence-electron chi connectivity index (χ4n) is 3.99. The van der Waals surface area contributed by atoms with Gasteiger partial charge >= 0.3 is 32.5 Å². The molecule has 0 aliphatic carbocycles. The van der Waals surface area contributed by atoms with E-state index in [0.29, 0.717) is 28.4 Å². The van der Waals surface area contributed by atoms with Gasteiger partial charge in [0, 0.05) is 34.0 Å². The Morgan fingerprint density at radius 3 is 1.37 bits per heavy atom. The summed E-state index contributed by atoms with van der Waals surface area (Å²) in [5.74, 6) is -0.732. The smallest absolute Gasteiger partial charge is 0.423 e. The Morgan fingerprint density at radius 1 is 0.561 bits per heavy atom. The Hall–Kier alpha value is -5.17. The lowest BCUT2D eigenvalue weighted by molar-refractivity contribution is -0.0499. The van der Waals surface area contributed by atoms with Crippen molar-refractivity contribution < 1.29 is 39.0 Å². The molecule has 3 aromatic carbocycles. The number of halogens is 3. The molecule has 3 heterocycles. The number of alkyl halides is 3. The van der Waals surface area contributed by atoms with Crippen molar-refractivity contribution in [3.05, 3.63) is 122 Å². The molecule has 0 fully saturated rings. The van der Waals surface area contributed by atoms with E-state index in [1.54, 1.807) is 24.3 Å². The van der Waals surface area contributed by atoms with Gasteiger partial charge in [0.2, 0.25) is 0 Å². The van der Waals surface area contributed by atoms with Gasteiger partial charge in [0.05, 0.1) is 11.5 Å². The molecule has 0 bridgehead atoms. The quantitative estimate of drug-likeness (QED) is 0.148. The first-order valence-corrected chi connectivity index (χ1v) is 12.9. The molecule has 41 heavy (non-hydrogen) atoms. The van der Waals surface area contributed by atoms with Gasteiger partial charge < -0.3 is 17.4 Å². The van der Waals surface area contributed by atoms with E-state index in [0.717, 1.165) is 10.8 Å². The summed E-state index contributed by atoms with van der Waals surface area (Å²) in [7, 11) is -5.84. The molecule has 0 aliphatic heterocycles. The zero-order chi connectivity index (χ0) is 29.4. The molecule has 0 unspecified atom stereocenters. The van der Waals surface area contributed by atoms with Gasteiger partial charge in [-0.05, 0) is 24.3 Å². The Bertz CT molecular complexity index is 2120. The largest absolute Gasteiger partial charge is 0.534 e. The summed E-state index contributed by atoms with van der Waals surface area (Å²) in [4.78, 5) is 34.8. The molecular weight excluding hydrogens is 569 g/mol. The molecule has 208 valence electrons. The monoisotopic (exact) mass is 584 g/mol. The van der Waals surface area contributed by atoms with E-state index >= 15 is 0 Å². The van der Waals surface area contributed by atoms with Gasteiger partial charge in [0.15, 0.2) is 5.75 Å². The van der Waals surface area contributed by atoms with Crippen LogP contribution in [0.4, 0.5) is 13.2 Å². The van der Waals surface area contributed by atoms with Crippen LogP contribution in [-0.4, -0.2) is 13.9 Å². The molecule has 0 aliphatic rings. The summed E-state index contributed by atoms with van der Waals surface area (Å²) < 4.78 is 77.5. The van der Waals surface area contributed by atoms with Crippen molar-refractivity contribution >= 4 is 43.0 Å². The van der Waals surface area contributed by atoms with Crippen LogP contribution in [0.1, 0.15) is 0 Å². The summed E-state index contributed by atoms with van der Waals surface area (Å²) in [5.41, 5.74) is -5.29. The van der Waals surface area contributed by atoms with Crippen molar-refractivity contribution in [3.8, 4) is 16.9 Å². The lowest BCUT2D eigenvalue weighted by Gasteiger charge is -2.10. The summed E-state index contributed by atoms with van der Waals surface area (Å²) >= 11 is 0. The topological polar surface area (TPSA) is 134 Å². The SMILES string of the molecule is O=c1cc(-c2cc(=O)oc3ccccc23)c2ccccc2o1.O=c1cc(OS(=O)(=O)C(F)(F)F)c2ccccc2o1. The maximum absolute atomic E-state index is 12.2. The van der Waals surface area contributed by atoms with Crippen LogP contribution in [0.5, 0.6) is 5.75 Å². The van der Waals surface area contributed by atoms with E-state index in [4.69, 9.17) is 13.3 Å². The normalized spacial score (nSPS) is 11.8. The summed E-state index contributed by atoms with van der Waals surface area (Å²) in [6, 6.07) is 23.3. The van der Waals surface area contributed by atoms with Crippen LogP contribution in [0.25, 0.3) is 44.0 Å². The highest BCUT2D eigenvalue weighted by molar-refractivity contribution is 7.88. The Morgan fingerprint density at radius 2 is 0.927 bits per heavy atom. The second-order valence-electron chi connectivity index (χ2n) is 8.36. The first kappa shape index (κ1) is 27.4. The van der Waals surface area contributed by atoms with E-state index in [9.17, 15) is 36.0 Å². The van der Waals surface area contributed by atoms with Crippen LogP contribution in [0.3, 0.4) is 0 Å². The summed E-state index contributed by atoms with van der Waals surface area (Å²) in [6.45, 7) is 0. The van der Waals surface area contributed by atoms with E-state index < -0.39 is 38.3 Å². The van der Waals surface area contributed by atoms with Gasteiger partial charge in [0.25, 0.3) is 0 Å². The standard InChI is InChI=1S/C18H10O4.C10H5F3O5S/c19-17-9-13(11-5-1-3-7-15(11)21-17)14-10-18(20)22-16-8-4-2-6-12(14)16;11-10(12,13)19(15,16)18-8-5-9(14)17-7-4-2-1-3-6(7)8/h1-10H;1-5H. The molecule has 6 rings (SSSR count). The minimum atomic E-state index is -5.84. The van der Waals surface area contributed by atoms with E-state index in [1.807, 2.05) is 24.3 Å². The zero-order valence-electron chi connectivity index (χ0n) is 20.4. The van der Waals surface area contributed by atoms with Gasteiger partial charge in [0.1, 0.15) is 16.7 Å². The predicted octanol–water partition coefficient (Wildman–Crippen LogP) is 5.59. The molecule has 0 saturated heterocycles. The molecule has 3 aromatic heterocycles. The molecule has 0 amide bonds. The Kier molecular flexibility index (Phi) is 6.97. The Labute approximate surface area is 226 Å². The molecule has 0 spiro atoms. The predicted molar refractivity (Wildman–Crippen MR) is 142 cm³/mol. The first-order valence-electron chi connectivity index (χ1n) is 11.5. The highest BCUT2D eigenvalue weighted by Gasteiger charge is 2.48. The first-order chi connectivity index (χ1) is 19.4. The van der Waals surface area contributed by atoms with Gasteiger partial charge in [-0.3, -0.25) is 0 Å². The van der Waals surface area contributed by atoms with Crippen molar-refractivity contribution in [2.24, 2.45) is 0 Å². The number of benzene rings is 3. The van der Waals surface area contributed by atoms with E-state index in [-0.39, 0.29) is 11.0 Å². The Balaban J connectivity index is 0.000000167. The third kappa shape index (κ3) is 5.61. The van der Waals surface area contributed by atoms with Crippen molar-refractivity contribution in [1.82, 2.24) is 0 Å².